The van der Waals surface area contributed by atoms with Crippen LogP contribution in [0.4, 0.5) is 0 Å². The highest BCUT2D eigenvalue weighted by atomic mass is 16.5. The average molecular weight is 269 g/mol. The number of carbonyl (C=O) groups excluding carboxylic acids is 1. The lowest BCUT2D eigenvalue weighted by Crippen LogP contribution is -2.50. The van der Waals surface area contributed by atoms with Crippen LogP contribution in [0.3, 0.4) is 0 Å². The molecule has 5 heteroatoms. The van der Waals surface area contributed by atoms with E-state index in [4.69, 9.17) is 9.84 Å². The predicted octanol–water partition coefficient (Wildman–Crippen LogP) is 1.71. The Kier molecular flexibility index (Phi) is 4.80. The number of aliphatic carboxylic acids is 1. The standard InChI is InChI=1S/C14H23NO4/c16-12(8-11-4-2-1-3-5-11)15-14(9-13(17)18)6-7-19-10-14/h11H,1-10H2,(H,15,16)(H,17,18). The molecule has 1 unspecified atom stereocenters. The summed E-state index contributed by atoms with van der Waals surface area (Å²) in [6.07, 6.45) is 7.00. The summed E-state index contributed by atoms with van der Waals surface area (Å²) in [6, 6.07) is 0. The molecule has 1 atom stereocenters. The van der Waals surface area contributed by atoms with E-state index < -0.39 is 11.5 Å². The Morgan fingerprint density at radius 1 is 1.26 bits per heavy atom. The molecule has 5 nitrogen and oxygen atoms in total. The molecule has 0 aromatic carbocycles. The Hall–Kier alpha value is -1.10. The van der Waals surface area contributed by atoms with Crippen molar-refractivity contribution in [1.29, 1.82) is 0 Å². The highest BCUT2D eigenvalue weighted by Gasteiger charge is 2.38. The summed E-state index contributed by atoms with van der Waals surface area (Å²) >= 11 is 0. The normalized spacial score (nSPS) is 28.2. The van der Waals surface area contributed by atoms with Crippen LogP contribution in [0.1, 0.15) is 51.4 Å². The molecule has 1 aliphatic heterocycles. The molecule has 1 amide bonds. The van der Waals surface area contributed by atoms with Gasteiger partial charge in [0.25, 0.3) is 0 Å². The van der Waals surface area contributed by atoms with Crippen molar-refractivity contribution < 1.29 is 19.4 Å². The van der Waals surface area contributed by atoms with Crippen LogP contribution in [-0.4, -0.2) is 35.7 Å². The molecule has 0 bridgehead atoms. The summed E-state index contributed by atoms with van der Waals surface area (Å²) in [5.41, 5.74) is -0.683. The fourth-order valence-electron chi connectivity index (χ4n) is 3.18. The Labute approximate surface area is 113 Å². The molecule has 1 aliphatic carbocycles. The van der Waals surface area contributed by atoms with Crippen molar-refractivity contribution in [3.8, 4) is 0 Å². The van der Waals surface area contributed by atoms with E-state index >= 15 is 0 Å². The highest BCUT2D eigenvalue weighted by molar-refractivity contribution is 5.78. The predicted molar refractivity (Wildman–Crippen MR) is 69.8 cm³/mol. The van der Waals surface area contributed by atoms with Gasteiger partial charge in [0.05, 0.1) is 18.6 Å². The Morgan fingerprint density at radius 3 is 2.58 bits per heavy atom. The van der Waals surface area contributed by atoms with E-state index in [0.717, 1.165) is 12.8 Å². The van der Waals surface area contributed by atoms with Crippen molar-refractivity contribution in [2.45, 2.75) is 56.9 Å². The first-order chi connectivity index (χ1) is 9.10. The molecule has 1 saturated carbocycles. The van der Waals surface area contributed by atoms with Crippen LogP contribution < -0.4 is 5.32 Å². The van der Waals surface area contributed by atoms with Crippen LogP contribution in [0.2, 0.25) is 0 Å². The van der Waals surface area contributed by atoms with Gasteiger partial charge in [-0.05, 0) is 25.2 Å². The molecule has 0 spiro atoms. The zero-order valence-corrected chi connectivity index (χ0v) is 11.3. The van der Waals surface area contributed by atoms with Crippen molar-refractivity contribution in [3.05, 3.63) is 0 Å². The zero-order chi connectivity index (χ0) is 13.7. The maximum atomic E-state index is 12.1. The third kappa shape index (κ3) is 4.20. The molecule has 108 valence electrons. The second kappa shape index (κ2) is 6.37. The van der Waals surface area contributed by atoms with Crippen LogP contribution in [0.15, 0.2) is 0 Å². The second-order valence-electron chi connectivity index (χ2n) is 5.91. The lowest BCUT2D eigenvalue weighted by atomic mass is 9.86. The molecule has 19 heavy (non-hydrogen) atoms. The van der Waals surface area contributed by atoms with Gasteiger partial charge in [0.2, 0.25) is 5.91 Å². The fourth-order valence-corrected chi connectivity index (χ4v) is 3.18. The molecular weight excluding hydrogens is 246 g/mol. The summed E-state index contributed by atoms with van der Waals surface area (Å²) in [7, 11) is 0. The lowest BCUT2D eigenvalue weighted by molar-refractivity contribution is -0.139. The monoisotopic (exact) mass is 269 g/mol. The Morgan fingerprint density at radius 2 is 2.00 bits per heavy atom. The maximum absolute atomic E-state index is 12.1. The largest absolute Gasteiger partial charge is 0.481 e. The molecule has 1 saturated heterocycles. The number of hydrogen-bond acceptors (Lipinski definition) is 3. The summed E-state index contributed by atoms with van der Waals surface area (Å²) in [6.45, 7) is 0.840. The van der Waals surface area contributed by atoms with Crippen LogP contribution in [0.25, 0.3) is 0 Å². The Balaban J connectivity index is 1.86. The summed E-state index contributed by atoms with van der Waals surface area (Å²) in [5, 5.41) is 11.9. The van der Waals surface area contributed by atoms with Crippen molar-refractivity contribution in [1.82, 2.24) is 5.32 Å². The first-order valence-electron chi connectivity index (χ1n) is 7.20. The average Bonchev–Trinajstić information content (AvgIpc) is 2.77. The third-order valence-corrected chi connectivity index (χ3v) is 4.20. The van der Waals surface area contributed by atoms with E-state index in [-0.39, 0.29) is 12.3 Å². The minimum atomic E-state index is -0.886. The number of hydrogen-bond donors (Lipinski definition) is 2. The molecule has 0 radical (unpaired) electrons. The number of amides is 1. The summed E-state index contributed by atoms with van der Waals surface area (Å²) in [4.78, 5) is 23.0. The number of ether oxygens (including phenoxy) is 1. The molecule has 2 N–H and O–H groups in total. The number of nitrogens with one attached hydrogen (secondary N) is 1. The number of carboxylic acids is 1. The van der Waals surface area contributed by atoms with E-state index in [1.165, 1.54) is 19.3 Å². The molecular formula is C14H23NO4. The summed E-state index contributed by atoms with van der Waals surface area (Å²) in [5.74, 6) is -0.430. The van der Waals surface area contributed by atoms with Crippen molar-refractivity contribution in [2.24, 2.45) is 5.92 Å². The summed E-state index contributed by atoms with van der Waals surface area (Å²) < 4.78 is 5.27. The van der Waals surface area contributed by atoms with E-state index in [2.05, 4.69) is 5.32 Å². The van der Waals surface area contributed by atoms with Gasteiger partial charge in [-0.25, -0.2) is 0 Å². The van der Waals surface area contributed by atoms with Gasteiger partial charge >= 0.3 is 5.97 Å². The first kappa shape index (κ1) is 14.3. The molecule has 1 heterocycles. The van der Waals surface area contributed by atoms with Gasteiger partial charge in [-0.2, -0.15) is 0 Å². The molecule has 2 rings (SSSR count). The molecule has 2 aliphatic rings. The number of carbonyl (C=O) groups is 2. The Bertz CT molecular complexity index is 330. The lowest BCUT2D eigenvalue weighted by Gasteiger charge is -2.29. The minimum absolute atomic E-state index is 0.0151. The van der Waals surface area contributed by atoms with E-state index in [9.17, 15) is 9.59 Å². The van der Waals surface area contributed by atoms with Crippen molar-refractivity contribution >= 4 is 11.9 Å². The smallest absolute Gasteiger partial charge is 0.305 e. The number of rotatable bonds is 5. The fraction of sp³-hybridized carbons (Fsp3) is 0.857. The van der Waals surface area contributed by atoms with Crippen LogP contribution >= 0.6 is 0 Å². The van der Waals surface area contributed by atoms with Crippen molar-refractivity contribution in [2.75, 3.05) is 13.2 Å². The van der Waals surface area contributed by atoms with Crippen LogP contribution in [-0.2, 0) is 14.3 Å². The molecule has 2 fully saturated rings. The van der Waals surface area contributed by atoms with Crippen molar-refractivity contribution in [3.63, 3.8) is 0 Å². The minimum Gasteiger partial charge on any atom is -0.481 e. The van der Waals surface area contributed by atoms with Gasteiger partial charge in [0, 0.05) is 13.0 Å². The third-order valence-electron chi connectivity index (χ3n) is 4.20. The molecule has 0 aromatic rings. The van der Waals surface area contributed by atoms with E-state index in [1.54, 1.807) is 0 Å². The topological polar surface area (TPSA) is 75.6 Å². The second-order valence-corrected chi connectivity index (χ2v) is 5.91. The van der Waals surface area contributed by atoms with Gasteiger partial charge in [-0.15, -0.1) is 0 Å². The van der Waals surface area contributed by atoms with Gasteiger partial charge < -0.3 is 15.2 Å². The van der Waals surface area contributed by atoms with Gasteiger partial charge in [-0.1, -0.05) is 19.3 Å². The molecule has 0 aromatic heterocycles. The van der Waals surface area contributed by atoms with Gasteiger partial charge in [0.15, 0.2) is 0 Å². The van der Waals surface area contributed by atoms with E-state index in [1.807, 2.05) is 0 Å². The SMILES string of the molecule is O=C(O)CC1(NC(=O)CC2CCCCC2)CCOC1. The number of carboxylic acid groups (broad SMARTS) is 1. The van der Waals surface area contributed by atoms with Gasteiger partial charge in [-0.3, -0.25) is 9.59 Å². The highest BCUT2D eigenvalue weighted by Crippen LogP contribution is 2.28. The quantitative estimate of drug-likeness (QED) is 0.796. The van der Waals surface area contributed by atoms with Crippen LogP contribution in [0, 0.1) is 5.92 Å². The van der Waals surface area contributed by atoms with Gasteiger partial charge in [0.1, 0.15) is 0 Å². The van der Waals surface area contributed by atoms with Crippen LogP contribution in [0.5, 0.6) is 0 Å². The zero-order valence-electron chi connectivity index (χ0n) is 11.3. The van der Waals surface area contributed by atoms with E-state index in [0.29, 0.717) is 32.0 Å². The first-order valence-corrected chi connectivity index (χ1v) is 7.20. The maximum Gasteiger partial charge on any atom is 0.305 e.